The topological polar surface area (TPSA) is 73.0 Å². The Balaban J connectivity index is 1.69. The molecular formula is C22H20N4O2. The van der Waals surface area contributed by atoms with E-state index < -0.39 is 0 Å². The van der Waals surface area contributed by atoms with E-state index in [0.717, 1.165) is 22.5 Å². The third-order valence-corrected chi connectivity index (χ3v) is 4.49. The number of carbonyl (C=O) groups is 1. The van der Waals surface area contributed by atoms with Crippen molar-refractivity contribution in [1.82, 2.24) is 14.9 Å². The first-order valence-corrected chi connectivity index (χ1v) is 8.99. The van der Waals surface area contributed by atoms with Crippen LogP contribution in [0.25, 0.3) is 16.9 Å². The smallest absolute Gasteiger partial charge is 0.262 e. The lowest BCUT2D eigenvalue weighted by atomic mass is 10.1. The van der Waals surface area contributed by atoms with Crippen LogP contribution in [0.1, 0.15) is 27.4 Å². The van der Waals surface area contributed by atoms with Crippen molar-refractivity contribution in [3.05, 3.63) is 83.2 Å². The minimum Gasteiger partial charge on any atom is -0.360 e. The number of anilines is 1. The number of carbonyl (C=O) groups excluding carboxylic acids is 1. The highest BCUT2D eigenvalue weighted by Crippen LogP contribution is 2.26. The minimum atomic E-state index is -0.286. The van der Waals surface area contributed by atoms with Crippen LogP contribution in [-0.2, 0) is 0 Å². The van der Waals surface area contributed by atoms with Gasteiger partial charge in [-0.1, -0.05) is 53.2 Å². The van der Waals surface area contributed by atoms with Crippen molar-refractivity contribution in [2.45, 2.75) is 20.8 Å². The predicted molar refractivity (Wildman–Crippen MR) is 108 cm³/mol. The van der Waals surface area contributed by atoms with E-state index in [0.29, 0.717) is 22.8 Å². The molecule has 0 atom stereocenters. The van der Waals surface area contributed by atoms with E-state index in [1.807, 2.05) is 74.5 Å². The van der Waals surface area contributed by atoms with Crippen LogP contribution in [0, 0.1) is 20.8 Å². The second-order valence-corrected chi connectivity index (χ2v) is 6.70. The highest BCUT2D eigenvalue weighted by atomic mass is 16.5. The first kappa shape index (κ1) is 17.7. The van der Waals surface area contributed by atoms with Crippen LogP contribution in [0.5, 0.6) is 0 Å². The molecule has 0 aliphatic rings. The molecule has 2 aromatic heterocycles. The number of aromatic nitrogens is 3. The average Bonchev–Trinajstić information content (AvgIpc) is 3.25. The van der Waals surface area contributed by atoms with Gasteiger partial charge in [0, 0.05) is 11.6 Å². The molecule has 28 heavy (non-hydrogen) atoms. The Morgan fingerprint density at radius 3 is 2.43 bits per heavy atom. The summed E-state index contributed by atoms with van der Waals surface area (Å²) in [4.78, 5) is 13.1. The fourth-order valence-electron chi connectivity index (χ4n) is 3.08. The summed E-state index contributed by atoms with van der Waals surface area (Å²) in [5.41, 5.74) is 4.60. The maximum absolute atomic E-state index is 13.1. The Morgan fingerprint density at radius 2 is 1.71 bits per heavy atom. The predicted octanol–water partition coefficient (Wildman–Crippen LogP) is 4.70. The zero-order valence-corrected chi connectivity index (χ0v) is 15.9. The van der Waals surface area contributed by atoms with E-state index in [9.17, 15) is 4.79 Å². The molecule has 0 bridgehead atoms. The van der Waals surface area contributed by atoms with Gasteiger partial charge in [-0.2, -0.15) is 5.10 Å². The molecule has 1 N–H and O–H groups in total. The molecule has 0 aliphatic carbocycles. The number of hydrogen-bond acceptors (Lipinski definition) is 4. The van der Waals surface area contributed by atoms with Crippen molar-refractivity contribution in [2.75, 3.05) is 5.32 Å². The van der Waals surface area contributed by atoms with E-state index in [-0.39, 0.29) is 5.91 Å². The van der Waals surface area contributed by atoms with Crippen LogP contribution in [-0.4, -0.2) is 20.8 Å². The summed E-state index contributed by atoms with van der Waals surface area (Å²) in [6.45, 7) is 5.65. The summed E-state index contributed by atoms with van der Waals surface area (Å²) in [7, 11) is 0. The van der Waals surface area contributed by atoms with Gasteiger partial charge in [0.25, 0.3) is 5.91 Å². The molecule has 4 rings (SSSR count). The lowest BCUT2D eigenvalue weighted by Crippen LogP contribution is -2.16. The van der Waals surface area contributed by atoms with Gasteiger partial charge in [0.1, 0.15) is 22.8 Å². The van der Waals surface area contributed by atoms with Crippen LogP contribution in [0.15, 0.2) is 65.2 Å². The van der Waals surface area contributed by atoms with Crippen LogP contribution >= 0.6 is 0 Å². The molecule has 0 radical (unpaired) electrons. The Labute approximate surface area is 162 Å². The van der Waals surface area contributed by atoms with Gasteiger partial charge in [-0.05, 0) is 32.9 Å². The molecule has 0 unspecified atom stereocenters. The number of nitrogens with zero attached hydrogens (tertiary/aromatic N) is 3. The Hall–Kier alpha value is -3.67. The molecule has 1 amide bonds. The van der Waals surface area contributed by atoms with Crippen molar-refractivity contribution in [2.24, 2.45) is 0 Å². The maximum Gasteiger partial charge on any atom is 0.262 e. The quantitative estimate of drug-likeness (QED) is 0.563. The monoisotopic (exact) mass is 372 g/mol. The first-order valence-electron chi connectivity index (χ1n) is 8.99. The van der Waals surface area contributed by atoms with Crippen molar-refractivity contribution in [3.63, 3.8) is 0 Å². The number of benzene rings is 2. The summed E-state index contributed by atoms with van der Waals surface area (Å²) >= 11 is 0. The first-order chi connectivity index (χ1) is 13.5. The lowest BCUT2D eigenvalue weighted by molar-refractivity contribution is 0.102. The van der Waals surface area contributed by atoms with Gasteiger partial charge >= 0.3 is 0 Å². The molecule has 4 aromatic rings. The zero-order valence-electron chi connectivity index (χ0n) is 15.9. The third-order valence-electron chi connectivity index (χ3n) is 4.49. The summed E-state index contributed by atoms with van der Waals surface area (Å²) < 4.78 is 7.03. The Bertz CT molecular complexity index is 1130. The van der Waals surface area contributed by atoms with E-state index in [4.69, 9.17) is 4.52 Å². The number of rotatable bonds is 4. The van der Waals surface area contributed by atoms with E-state index in [2.05, 4.69) is 15.6 Å². The maximum atomic E-state index is 13.1. The van der Waals surface area contributed by atoms with E-state index >= 15 is 0 Å². The Morgan fingerprint density at radius 1 is 1.00 bits per heavy atom. The Kier molecular flexibility index (Phi) is 4.53. The van der Waals surface area contributed by atoms with Crippen molar-refractivity contribution in [3.8, 4) is 16.9 Å². The number of nitrogens with one attached hydrogen (secondary N) is 1. The number of amides is 1. The second-order valence-electron chi connectivity index (χ2n) is 6.70. The van der Waals surface area contributed by atoms with Crippen LogP contribution in [0.4, 0.5) is 5.82 Å². The van der Waals surface area contributed by atoms with Crippen LogP contribution in [0.2, 0.25) is 0 Å². The van der Waals surface area contributed by atoms with Crippen molar-refractivity contribution < 1.29 is 9.32 Å². The summed E-state index contributed by atoms with van der Waals surface area (Å²) in [5, 5.41) is 11.6. The summed E-state index contributed by atoms with van der Waals surface area (Å²) in [5.74, 6) is 0.770. The van der Waals surface area contributed by atoms with Crippen molar-refractivity contribution in [1.29, 1.82) is 0 Å². The summed E-state index contributed by atoms with van der Waals surface area (Å²) in [6.07, 6.45) is 0. The average molecular weight is 372 g/mol. The van der Waals surface area contributed by atoms with E-state index in [1.165, 1.54) is 0 Å². The third kappa shape index (κ3) is 3.32. The molecular weight excluding hydrogens is 352 g/mol. The van der Waals surface area contributed by atoms with Gasteiger partial charge in [-0.25, -0.2) is 4.68 Å². The zero-order chi connectivity index (χ0) is 19.7. The molecule has 0 spiro atoms. The highest BCUT2D eigenvalue weighted by Gasteiger charge is 2.23. The summed E-state index contributed by atoms with van der Waals surface area (Å²) in [6, 6.07) is 19.3. The molecule has 6 heteroatoms. The second kappa shape index (κ2) is 7.15. The highest BCUT2D eigenvalue weighted by molar-refractivity contribution is 6.08. The molecule has 0 saturated carbocycles. The van der Waals surface area contributed by atoms with E-state index in [1.54, 1.807) is 11.6 Å². The molecule has 0 fully saturated rings. The molecule has 140 valence electrons. The van der Waals surface area contributed by atoms with Gasteiger partial charge in [-0.3, -0.25) is 4.79 Å². The largest absolute Gasteiger partial charge is 0.360 e. The van der Waals surface area contributed by atoms with Crippen LogP contribution in [0.3, 0.4) is 0 Å². The molecule has 0 saturated heterocycles. The van der Waals surface area contributed by atoms with Gasteiger partial charge in [0.2, 0.25) is 0 Å². The lowest BCUT2D eigenvalue weighted by Gasteiger charge is -2.09. The number of aryl methyl sites for hydroxylation is 3. The molecule has 0 aliphatic heterocycles. The fraction of sp³-hybridized carbons (Fsp3) is 0.136. The van der Waals surface area contributed by atoms with Gasteiger partial charge < -0.3 is 9.84 Å². The SMILES string of the molecule is Cc1ccc(-n2nc(C)cc2NC(=O)c2c(-c3ccccc3)noc2C)cc1. The number of hydrogen-bond donors (Lipinski definition) is 1. The fourth-order valence-corrected chi connectivity index (χ4v) is 3.08. The van der Waals surface area contributed by atoms with Crippen molar-refractivity contribution >= 4 is 11.7 Å². The normalized spacial score (nSPS) is 10.8. The van der Waals surface area contributed by atoms with Gasteiger partial charge in [-0.15, -0.1) is 0 Å². The van der Waals surface area contributed by atoms with Crippen LogP contribution < -0.4 is 5.32 Å². The van der Waals surface area contributed by atoms with Gasteiger partial charge in [0.05, 0.1) is 11.4 Å². The standard InChI is InChI=1S/C22H20N4O2/c1-14-9-11-18(12-10-14)26-19(13-15(2)24-26)23-22(27)20-16(3)28-25-21(20)17-7-5-4-6-8-17/h4-13H,1-3H3,(H,23,27). The minimum absolute atomic E-state index is 0.286. The molecule has 6 nitrogen and oxygen atoms in total. The molecule has 2 heterocycles. The molecule has 2 aromatic carbocycles. The van der Waals surface area contributed by atoms with Gasteiger partial charge in [0.15, 0.2) is 0 Å².